The van der Waals surface area contributed by atoms with Crippen molar-refractivity contribution in [3.63, 3.8) is 0 Å². The lowest BCUT2D eigenvalue weighted by Crippen LogP contribution is -2.38. The van der Waals surface area contributed by atoms with Gasteiger partial charge in [0.1, 0.15) is 0 Å². The van der Waals surface area contributed by atoms with E-state index in [0.717, 1.165) is 5.56 Å². The second kappa shape index (κ2) is 7.63. The molecule has 0 aromatic carbocycles. The maximum Gasteiger partial charge on any atom is 0.315 e. The van der Waals surface area contributed by atoms with Crippen LogP contribution in [0, 0.1) is 5.92 Å². The van der Waals surface area contributed by atoms with Gasteiger partial charge in [-0.05, 0) is 31.7 Å². The van der Waals surface area contributed by atoms with Gasteiger partial charge >= 0.3 is 6.03 Å². The average molecular weight is 341 g/mol. The predicted molar refractivity (Wildman–Crippen MR) is 87.0 cm³/mol. The Morgan fingerprint density at radius 3 is 2.74 bits per heavy atom. The van der Waals surface area contributed by atoms with Gasteiger partial charge in [0.15, 0.2) is 9.84 Å². The van der Waals surface area contributed by atoms with E-state index in [-0.39, 0.29) is 29.6 Å². The molecule has 1 atom stereocenters. The summed E-state index contributed by atoms with van der Waals surface area (Å²) in [5.74, 6) is 0.946. The van der Waals surface area contributed by atoms with E-state index >= 15 is 0 Å². The summed E-state index contributed by atoms with van der Waals surface area (Å²) in [6.45, 7) is 4.59. The molecule has 1 fully saturated rings. The van der Waals surface area contributed by atoms with E-state index in [2.05, 4.69) is 15.6 Å². The van der Waals surface area contributed by atoms with E-state index < -0.39 is 9.84 Å². The van der Waals surface area contributed by atoms with Gasteiger partial charge in [-0.3, -0.25) is 0 Å². The molecule has 0 radical (unpaired) electrons. The van der Waals surface area contributed by atoms with Crippen LogP contribution >= 0.6 is 0 Å². The van der Waals surface area contributed by atoms with Crippen LogP contribution in [0.25, 0.3) is 0 Å². The van der Waals surface area contributed by atoms with Gasteiger partial charge in [-0.2, -0.15) is 0 Å². The van der Waals surface area contributed by atoms with Crippen molar-refractivity contribution in [1.29, 1.82) is 0 Å². The molecule has 2 amide bonds. The second-order valence-electron chi connectivity index (χ2n) is 6.00. The van der Waals surface area contributed by atoms with Crippen LogP contribution in [0.4, 0.5) is 4.79 Å². The minimum atomic E-state index is -2.90. The first-order chi connectivity index (χ1) is 10.8. The van der Waals surface area contributed by atoms with Crippen LogP contribution in [-0.2, 0) is 16.4 Å². The fourth-order valence-electron chi connectivity index (χ4n) is 2.34. The minimum Gasteiger partial charge on any atom is -0.475 e. The third-order valence-electron chi connectivity index (χ3n) is 3.49. The Bertz CT molecular complexity index is 629. The number of carbonyl (C=O) groups is 1. The molecule has 2 heterocycles. The molecule has 7 nitrogen and oxygen atoms in total. The number of nitrogens with zero attached hydrogens (tertiary/aromatic N) is 1. The SMILES string of the molecule is CC(C)Oc1ccc(CNC(=O)NC[C@H]2CCS(=O)(=O)C2)cn1. The second-order valence-corrected chi connectivity index (χ2v) is 8.23. The zero-order valence-corrected chi connectivity index (χ0v) is 14.2. The van der Waals surface area contributed by atoms with Gasteiger partial charge in [-0.1, -0.05) is 6.07 Å². The number of carbonyl (C=O) groups excluding carboxylic acids is 1. The van der Waals surface area contributed by atoms with E-state index in [1.807, 2.05) is 19.9 Å². The molecule has 8 heteroatoms. The van der Waals surface area contributed by atoms with Crippen molar-refractivity contribution in [3.05, 3.63) is 23.9 Å². The van der Waals surface area contributed by atoms with E-state index in [0.29, 0.717) is 25.4 Å². The summed E-state index contributed by atoms with van der Waals surface area (Å²) in [6.07, 6.45) is 2.34. The molecule has 0 aliphatic carbocycles. The fraction of sp³-hybridized carbons (Fsp3) is 0.600. The zero-order chi connectivity index (χ0) is 16.9. The zero-order valence-electron chi connectivity index (χ0n) is 13.4. The van der Waals surface area contributed by atoms with Gasteiger partial charge in [0.05, 0.1) is 17.6 Å². The highest BCUT2D eigenvalue weighted by molar-refractivity contribution is 7.91. The quantitative estimate of drug-likeness (QED) is 0.807. The van der Waals surface area contributed by atoms with Crippen molar-refractivity contribution >= 4 is 15.9 Å². The molecule has 1 aromatic heterocycles. The summed E-state index contributed by atoms with van der Waals surface area (Å²) >= 11 is 0. The Morgan fingerprint density at radius 1 is 1.39 bits per heavy atom. The average Bonchev–Trinajstić information content (AvgIpc) is 2.83. The number of hydrogen-bond acceptors (Lipinski definition) is 5. The first-order valence-corrected chi connectivity index (χ1v) is 9.50. The number of pyridine rings is 1. The number of nitrogens with one attached hydrogen (secondary N) is 2. The Labute approximate surface area is 136 Å². The Balaban J connectivity index is 1.70. The third kappa shape index (κ3) is 6.05. The van der Waals surface area contributed by atoms with Crippen molar-refractivity contribution in [2.75, 3.05) is 18.1 Å². The monoisotopic (exact) mass is 341 g/mol. The molecule has 23 heavy (non-hydrogen) atoms. The van der Waals surface area contributed by atoms with Crippen LogP contribution < -0.4 is 15.4 Å². The van der Waals surface area contributed by atoms with Crippen LogP contribution in [0.5, 0.6) is 5.88 Å². The van der Waals surface area contributed by atoms with E-state index in [1.165, 1.54) is 0 Å². The molecule has 0 saturated carbocycles. The maximum atomic E-state index is 11.7. The first kappa shape index (κ1) is 17.5. The molecule has 0 unspecified atom stereocenters. The Hall–Kier alpha value is -1.83. The lowest BCUT2D eigenvalue weighted by Gasteiger charge is -2.11. The highest BCUT2D eigenvalue weighted by Gasteiger charge is 2.27. The van der Waals surface area contributed by atoms with Crippen molar-refractivity contribution in [1.82, 2.24) is 15.6 Å². The van der Waals surface area contributed by atoms with Crippen LogP contribution in [0.3, 0.4) is 0 Å². The van der Waals surface area contributed by atoms with Crippen molar-refractivity contribution in [2.45, 2.75) is 32.9 Å². The molecule has 2 N–H and O–H groups in total. The number of hydrogen-bond donors (Lipinski definition) is 2. The summed E-state index contributed by atoms with van der Waals surface area (Å²) in [4.78, 5) is 15.9. The molecule has 1 saturated heterocycles. The van der Waals surface area contributed by atoms with E-state index in [1.54, 1.807) is 12.3 Å². The lowest BCUT2D eigenvalue weighted by atomic mass is 10.1. The van der Waals surface area contributed by atoms with Gasteiger partial charge in [0, 0.05) is 25.4 Å². The van der Waals surface area contributed by atoms with Crippen molar-refractivity contribution in [3.8, 4) is 5.88 Å². The molecular formula is C15H23N3O4S. The summed E-state index contributed by atoms with van der Waals surface area (Å²) in [7, 11) is -2.90. The van der Waals surface area contributed by atoms with Gasteiger partial charge in [0.25, 0.3) is 0 Å². The number of ether oxygens (including phenoxy) is 1. The maximum absolute atomic E-state index is 11.7. The van der Waals surface area contributed by atoms with Crippen molar-refractivity contribution < 1.29 is 17.9 Å². The smallest absolute Gasteiger partial charge is 0.315 e. The molecule has 1 aliphatic rings. The molecule has 1 aromatic rings. The molecule has 1 aliphatic heterocycles. The van der Waals surface area contributed by atoms with Crippen LogP contribution in [0.15, 0.2) is 18.3 Å². The lowest BCUT2D eigenvalue weighted by molar-refractivity contribution is 0.232. The Kier molecular flexibility index (Phi) is 5.81. The predicted octanol–water partition coefficient (Wildman–Crippen LogP) is 1.10. The van der Waals surface area contributed by atoms with Crippen LogP contribution in [-0.4, -0.2) is 43.6 Å². The van der Waals surface area contributed by atoms with Crippen LogP contribution in [0.1, 0.15) is 25.8 Å². The van der Waals surface area contributed by atoms with E-state index in [4.69, 9.17) is 4.74 Å². The normalized spacial score (nSPS) is 19.5. The molecule has 0 bridgehead atoms. The van der Waals surface area contributed by atoms with Gasteiger partial charge in [0.2, 0.25) is 5.88 Å². The van der Waals surface area contributed by atoms with Gasteiger partial charge in [-0.15, -0.1) is 0 Å². The van der Waals surface area contributed by atoms with Gasteiger partial charge < -0.3 is 15.4 Å². The summed E-state index contributed by atoms with van der Waals surface area (Å²) in [6, 6.07) is 3.30. The van der Waals surface area contributed by atoms with E-state index in [9.17, 15) is 13.2 Å². The summed E-state index contributed by atoms with van der Waals surface area (Å²) < 4.78 is 28.1. The third-order valence-corrected chi connectivity index (χ3v) is 5.32. The standard InChI is InChI=1S/C15H23N3O4S/c1-11(2)22-14-4-3-12(7-16-14)8-17-15(19)18-9-13-5-6-23(20,21)10-13/h3-4,7,11,13H,5-6,8-10H2,1-2H3,(H2,17,18,19)/t13-/m1/s1. The Morgan fingerprint density at radius 2 is 2.17 bits per heavy atom. The van der Waals surface area contributed by atoms with Gasteiger partial charge in [-0.25, -0.2) is 18.2 Å². The van der Waals surface area contributed by atoms with Crippen LogP contribution in [0.2, 0.25) is 0 Å². The minimum absolute atomic E-state index is 0.0138. The highest BCUT2D eigenvalue weighted by Crippen LogP contribution is 2.17. The fourth-order valence-corrected chi connectivity index (χ4v) is 4.20. The topological polar surface area (TPSA) is 97.4 Å². The number of aromatic nitrogens is 1. The summed E-state index contributed by atoms with van der Waals surface area (Å²) in [5.41, 5.74) is 0.861. The molecule has 0 spiro atoms. The number of sulfone groups is 1. The largest absolute Gasteiger partial charge is 0.475 e. The first-order valence-electron chi connectivity index (χ1n) is 7.68. The molecule has 128 valence electrons. The molecule has 2 rings (SSSR count). The van der Waals surface area contributed by atoms with Crippen molar-refractivity contribution in [2.24, 2.45) is 5.92 Å². The number of urea groups is 1. The molecular weight excluding hydrogens is 318 g/mol. The number of amides is 2. The highest BCUT2D eigenvalue weighted by atomic mass is 32.2. The summed E-state index contributed by atoms with van der Waals surface area (Å²) in [5, 5.41) is 5.43. The number of rotatable bonds is 6.